The topological polar surface area (TPSA) is 101 Å². The van der Waals surface area contributed by atoms with Crippen molar-refractivity contribution in [2.45, 2.75) is 10.8 Å². The van der Waals surface area contributed by atoms with Crippen molar-refractivity contribution in [1.82, 2.24) is 20.2 Å². The number of H-pyrrole nitrogens is 1. The Morgan fingerprint density at radius 1 is 1.30 bits per heavy atom. The molecule has 0 fully saturated rings. The van der Waals surface area contributed by atoms with Crippen molar-refractivity contribution in [3.8, 4) is 0 Å². The molecular formula is C12H10N5O2S-. The first-order chi connectivity index (χ1) is 9.74. The maximum atomic E-state index is 10.7. The van der Waals surface area contributed by atoms with Crippen LogP contribution >= 0.6 is 11.8 Å². The quantitative estimate of drug-likeness (QED) is 0.561. The van der Waals surface area contributed by atoms with Crippen LogP contribution < -0.4 is 5.23 Å². The Morgan fingerprint density at radius 3 is 2.85 bits per heavy atom. The molecule has 2 aromatic heterocycles. The summed E-state index contributed by atoms with van der Waals surface area (Å²) in [7, 11) is 0. The monoisotopic (exact) mass is 288 g/mol. The maximum absolute atomic E-state index is 10.7. The number of imidazole rings is 1. The summed E-state index contributed by atoms with van der Waals surface area (Å²) >= 11 is 1.51. The Labute approximate surface area is 118 Å². The van der Waals surface area contributed by atoms with Gasteiger partial charge in [-0.25, -0.2) is 4.98 Å². The Kier molecular flexibility index (Phi) is 3.50. The van der Waals surface area contributed by atoms with Gasteiger partial charge >= 0.3 is 0 Å². The smallest absolute Gasteiger partial charge is 0.147 e. The minimum atomic E-state index is -0.160. The summed E-state index contributed by atoms with van der Waals surface area (Å²) in [5, 5.41) is 28.0. The lowest BCUT2D eigenvalue weighted by Gasteiger charge is -2.21. The van der Waals surface area contributed by atoms with Crippen LogP contribution in [0.5, 0.6) is 0 Å². The number of rotatable bonds is 4. The molecule has 102 valence electrons. The number of hydrogen-bond donors (Lipinski definition) is 2. The molecule has 3 aromatic rings. The second kappa shape index (κ2) is 5.45. The minimum Gasteiger partial charge on any atom is -0.733 e. The highest BCUT2D eigenvalue weighted by Gasteiger charge is 2.07. The molecule has 8 heteroatoms. The van der Waals surface area contributed by atoms with E-state index in [1.807, 2.05) is 0 Å². The molecule has 20 heavy (non-hydrogen) atoms. The molecule has 0 saturated heterocycles. The molecule has 0 aliphatic heterocycles. The SMILES string of the molecule is [O-]N(O)c1ccc(CSc2nncc3[nH]cnc23)cc1. The number of aromatic nitrogens is 4. The summed E-state index contributed by atoms with van der Waals surface area (Å²) < 4.78 is 0. The Bertz CT molecular complexity index is 713. The zero-order chi connectivity index (χ0) is 13.9. The molecule has 0 aliphatic rings. The van der Waals surface area contributed by atoms with Gasteiger partial charge in [-0.2, -0.15) is 5.10 Å². The van der Waals surface area contributed by atoms with E-state index >= 15 is 0 Å². The maximum Gasteiger partial charge on any atom is 0.147 e. The molecule has 1 aromatic carbocycles. The molecule has 0 saturated carbocycles. The van der Waals surface area contributed by atoms with Gasteiger partial charge in [-0.1, -0.05) is 23.9 Å². The van der Waals surface area contributed by atoms with E-state index in [0.717, 1.165) is 21.6 Å². The van der Waals surface area contributed by atoms with Gasteiger partial charge in [0.05, 0.1) is 23.7 Å². The van der Waals surface area contributed by atoms with Crippen molar-refractivity contribution >= 4 is 28.5 Å². The van der Waals surface area contributed by atoms with Crippen LogP contribution in [0, 0.1) is 5.21 Å². The van der Waals surface area contributed by atoms with Crippen LogP contribution in [0.2, 0.25) is 0 Å². The summed E-state index contributed by atoms with van der Waals surface area (Å²) in [6.07, 6.45) is 3.24. The molecule has 0 amide bonds. The molecule has 0 spiro atoms. The van der Waals surface area contributed by atoms with E-state index in [4.69, 9.17) is 5.21 Å². The average molecular weight is 288 g/mol. The molecule has 0 atom stereocenters. The number of nitrogens with zero attached hydrogens (tertiary/aromatic N) is 4. The second-order valence-electron chi connectivity index (χ2n) is 4.04. The predicted molar refractivity (Wildman–Crippen MR) is 75.3 cm³/mol. The van der Waals surface area contributed by atoms with Crippen LogP contribution in [-0.4, -0.2) is 25.4 Å². The Hall–Kier alpha value is -2.16. The fourth-order valence-electron chi connectivity index (χ4n) is 1.73. The zero-order valence-electron chi connectivity index (χ0n) is 10.2. The van der Waals surface area contributed by atoms with Crippen molar-refractivity contribution < 1.29 is 5.21 Å². The molecular weight excluding hydrogens is 278 g/mol. The second-order valence-corrected chi connectivity index (χ2v) is 5.01. The van der Waals surface area contributed by atoms with E-state index in [-0.39, 0.29) is 10.9 Å². The van der Waals surface area contributed by atoms with E-state index in [0.29, 0.717) is 5.75 Å². The van der Waals surface area contributed by atoms with Gasteiger partial charge < -0.3 is 15.4 Å². The van der Waals surface area contributed by atoms with Crippen molar-refractivity contribution in [3.05, 3.63) is 47.6 Å². The van der Waals surface area contributed by atoms with Crippen molar-refractivity contribution in [3.63, 3.8) is 0 Å². The van der Waals surface area contributed by atoms with Crippen LogP contribution in [0.25, 0.3) is 11.0 Å². The third-order valence-electron chi connectivity index (χ3n) is 2.74. The van der Waals surface area contributed by atoms with Gasteiger partial charge in [-0.15, -0.1) is 5.10 Å². The Balaban J connectivity index is 1.74. The first-order valence-electron chi connectivity index (χ1n) is 5.76. The van der Waals surface area contributed by atoms with Crippen LogP contribution in [-0.2, 0) is 5.75 Å². The van der Waals surface area contributed by atoms with Gasteiger partial charge in [0.1, 0.15) is 10.5 Å². The van der Waals surface area contributed by atoms with E-state index in [1.165, 1.54) is 11.8 Å². The number of aromatic amines is 1. The molecule has 2 heterocycles. The molecule has 0 unspecified atom stereocenters. The fourth-order valence-corrected chi connectivity index (χ4v) is 2.63. The largest absolute Gasteiger partial charge is 0.733 e. The normalized spacial score (nSPS) is 10.9. The highest BCUT2D eigenvalue weighted by Crippen LogP contribution is 2.26. The zero-order valence-corrected chi connectivity index (χ0v) is 11.0. The van der Waals surface area contributed by atoms with Crippen molar-refractivity contribution in [2.24, 2.45) is 0 Å². The number of benzene rings is 1. The van der Waals surface area contributed by atoms with Gasteiger partial charge in [0.25, 0.3) is 0 Å². The van der Waals surface area contributed by atoms with E-state index in [2.05, 4.69) is 20.2 Å². The lowest BCUT2D eigenvalue weighted by molar-refractivity contribution is 0.296. The van der Waals surface area contributed by atoms with Gasteiger partial charge in [0, 0.05) is 5.75 Å². The number of hydrogen-bond acceptors (Lipinski definition) is 7. The number of nitrogens with one attached hydrogen (secondary N) is 1. The molecule has 0 aliphatic carbocycles. The molecule has 2 N–H and O–H groups in total. The summed E-state index contributed by atoms with van der Waals surface area (Å²) in [5.74, 6) is 0.672. The van der Waals surface area contributed by atoms with Crippen molar-refractivity contribution in [2.75, 3.05) is 5.23 Å². The lowest BCUT2D eigenvalue weighted by Crippen LogP contribution is -2.06. The van der Waals surface area contributed by atoms with Crippen molar-refractivity contribution in [1.29, 1.82) is 0 Å². The van der Waals surface area contributed by atoms with E-state index in [9.17, 15) is 5.21 Å². The van der Waals surface area contributed by atoms with E-state index < -0.39 is 0 Å². The molecule has 0 radical (unpaired) electrons. The number of thioether (sulfide) groups is 1. The molecule has 7 nitrogen and oxygen atoms in total. The third kappa shape index (κ3) is 2.57. The Morgan fingerprint density at radius 2 is 2.10 bits per heavy atom. The standard InChI is InChI=1S/C12H10N5O2S/c18-17(19)9-3-1-8(2-4-9)6-20-12-11-10(5-15-16-12)13-7-14-11/h1-5,7,18H,6H2,(H,13,14)/q-1. The summed E-state index contributed by atoms with van der Waals surface area (Å²) in [5.41, 5.74) is 2.85. The van der Waals surface area contributed by atoms with Crippen LogP contribution in [0.15, 0.2) is 41.8 Å². The highest BCUT2D eigenvalue weighted by molar-refractivity contribution is 7.98. The van der Waals surface area contributed by atoms with Crippen LogP contribution in [0.3, 0.4) is 0 Å². The highest BCUT2D eigenvalue weighted by atomic mass is 32.2. The van der Waals surface area contributed by atoms with Gasteiger partial charge in [-0.05, 0) is 17.7 Å². The minimum absolute atomic E-state index is 0.160. The summed E-state index contributed by atoms with van der Waals surface area (Å²) in [4.78, 5) is 7.19. The van der Waals surface area contributed by atoms with Crippen LogP contribution in [0.4, 0.5) is 5.69 Å². The number of fused-ring (bicyclic) bond motifs is 1. The first-order valence-corrected chi connectivity index (χ1v) is 6.75. The van der Waals surface area contributed by atoms with Gasteiger partial charge in [0.2, 0.25) is 0 Å². The first kappa shape index (κ1) is 12.9. The third-order valence-corrected chi connectivity index (χ3v) is 3.77. The average Bonchev–Trinajstić information content (AvgIpc) is 2.94. The predicted octanol–water partition coefficient (Wildman–Crippen LogP) is 2.34. The lowest BCUT2D eigenvalue weighted by atomic mass is 10.2. The summed E-state index contributed by atoms with van der Waals surface area (Å²) in [6.45, 7) is 0. The number of anilines is 1. The molecule has 0 bridgehead atoms. The molecule has 3 rings (SSSR count). The van der Waals surface area contributed by atoms with E-state index in [1.54, 1.807) is 36.8 Å². The van der Waals surface area contributed by atoms with Gasteiger partial charge in [-0.3, -0.25) is 5.21 Å². The fraction of sp³-hybridized carbons (Fsp3) is 0.0833. The summed E-state index contributed by atoms with van der Waals surface area (Å²) in [6, 6.07) is 6.68. The van der Waals surface area contributed by atoms with Gasteiger partial charge in [0.15, 0.2) is 0 Å². The van der Waals surface area contributed by atoms with Crippen LogP contribution in [0.1, 0.15) is 5.56 Å².